The van der Waals surface area contributed by atoms with E-state index in [0.717, 1.165) is 18.4 Å². The van der Waals surface area contributed by atoms with Gasteiger partial charge >= 0.3 is 0 Å². The van der Waals surface area contributed by atoms with Crippen LogP contribution in [0.15, 0.2) is 24.3 Å². The van der Waals surface area contributed by atoms with Crippen LogP contribution in [0.25, 0.3) is 0 Å². The zero-order valence-corrected chi connectivity index (χ0v) is 11.2. The topological polar surface area (TPSA) is 40.6 Å². The molecule has 1 aromatic carbocycles. The zero-order chi connectivity index (χ0) is 14.1. The van der Waals surface area contributed by atoms with E-state index in [0.29, 0.717) is 19.5 Å². The molecule has 106 valence electrons. The molecule has 4 nitrogen and oxygen atoms in total. The summed E-state index contributed by atoms with van der Waals surface area (Å²) in [5.41, 5.74) is 0.846. The molecule has 0 aromatic heterocycles. The summed E-state index contributed by atoms with van der Waals surface area (Å²) in [6, 6.07) is 6.10. The Labute approximate surface area is 117 Å². The van der Waals surface area contributed by atoms with Crippen molar-refractivity contribution in [1.82, 2.24) is 9.80 Å². The number of carbonyl (C=O) groups is 2. The van der Waals surface area contributed by atoms with Crippen molar-refractivity contribution in [3.63, 3.8) is 0 Å². The van der Waals surface area contributed by atoms with Crippen molar-refractivity contribution >= 4 is 11.8 Å². The van der Waals surface area contributed by atoms with Gasteiger partial charge in [0.15, 0.2) is 0 Å². The largest absolute Gasteiger partial charge is 0.331 e. The summed E-state index contributed by atoms with van der Waals surface area (Å²) in [4.78, 5) is 27.6. The van der Waals surface area contributed by atoms with Crippen LogP contribution in [0.3, 0.4) is 0 Å². The lowest BCUT2D eigenvalue weighted by molar-refractivity contribution is -0.153. The minimum absolute atomic E-state index is 0.0337. The fourth-order valence-electron chi connectivity index (χ4n) is 3.01. The van der Waals surface area contributed by atoms with Gasteiger partial charge in [-0.1, -0.05) is 12.1 Å². The Morgan fingerprint density at radius 2 is 2.15 bits per heavy atom. The van der Waals surface area contributed by atoms with Gasteiger partial charge in [0.05, 0.1) is 6.54 Å². The van der Waals surface area contributed by atoms with E-state index in [1.54, 1.807) is 15.9 Å². The molecule has 2 saturated heterocycles. The Bertz CT molecular complexity index is 546. The lowest BCUT2D eigenvalue weighted by Gasteiger charge is -2.36. The van der Waals surface area contributed by atoms with Gasteiger partial charge in [-0.15, -0.1) is 0 Å². The Balaban J connectivity index is 1.65. The fraction of sp³-hybridized carbons (Fsp3) is 0.467. The van der Waals surface area contributed by atoms with E-state index in [4.69, 9.17) is 0 Å². The van der Waals surface area contributed by atoms with Gasteiger partial charge in [-0.2, -0.15) is 0 Å². The normalized spacial score (nSPS) is 22.4. The summed E-state index contributed by atoms with van der Waals surface area (Å²) in [6.45, 7) is 1.33. The Hall–Kier alpha value is -1.91. The van der Waals surface area contributed by atoms with Gasteiger partial charge in [0, 0.05) is 13.1 Å². The second-order valence-electron chi connectivity index (χ2n) is 5.38. The molecule has 0 radical (unpaired) electrons. The number of benzene rings is 1. The summed E-state index contributed by atoms with van der Waals surface area (Å²) < 4.78 is 13.1. The standard InChI is InChI=1S/C15H17FN2O2/c16-12-4-1-3-11(9-12)6-8-17-10-14(19)18-7-2-5-13(18)15(17)20/h1,3-4,9,13H,2,5-8,10H2. The molecule has 20 heavy (non-hydrogen) atoms. The van der Waals surface area contributed by atoms with Crippen LogP contribution < -0.4 is 0 Å². The second kappa shape index (κ2) is 5.23. The Kier molecular flexibility index (Phi) is 3.42. The molecule has 5 heteroatoms. The quantitative estimate of drug-likeness (QED) is 0.832. The average Bonchev–Trinajstić information content (AvgIpc) is 2.91. The molecule has 3 rings (SSSR count). The maximum atomic E-state index is 13.1. The van der Waals surface area contributed by atoms with E-state index in [-0.39, 0.29) is 30.2 Å². The highest BCUT2D eigenvalue weighted by molar-refractivity contribution is 5.95. The molecule has 0 spiro atoms. The van der Waals surface area contributed by atoms with Gasteiger partial charge in [0.1, 0.15) is 11.9 Å². The number of halogens is 1. The first kappa shape index (κ1) is 13.1. The first-order chi connectivity index (χ1) is 9.65. The third-order valence-corrected chi connectivity index (χ3v) is 4.06. The maximum absolute atomic E-state index is 13.1. The number of rotatable bonds is 3. The molecule has 2 amide bonds. The van der Waals surface area contributed by atoms with Crippen LogP contribution in [0.5, 0.6) is 0 Å². The molecule has 1 atom stereocenters. The third kappa shape index (κ3) is 2.40. The van der Waals surface area contributed by atoms with Crippen LogP contribution in [0.1, 0.15) is 18.4 Å². The number of piperazine rings is 1. The van der Waals surface area contributed by atoms with Crippen molar-refractivity contribution in [3.8, 4) is 0 Å². The number of nitrogens with zero attached hydrogens (tertiary/aromatic N) is 2. The molecule has 0 bridgehead atoms. The van der Waals surface area contributed by atoms with Gasteiger partial charge in [0.2, 0.25) is 11.8 Å². The predicted molar refractivity (Wildman–Crippen MR) is 71.4 cm³/mol. The lowest BCUT2D eigenvalue weighted by atomic mass is 10.1. The van der Waals surface area contributed by atoms with Crippen LogP contribution >= 0.6 is 0 Å². The van der Waals surface area contributed by atoms with Crippen LogP contribution in [0.4, 0.5) is 4.39 Å². The van der Waals surface area contributed by atoms with Crippen molar-refractivity contribution in [2.75, 3.05) is 19.6 Å². The molecule has 1 aromatic rings. The number of fused-ring (bicyclic) bond motifs is 1. The Morgan fingerprint density at radius 1 is 1.30 bits per heavy atom. The molecule has 2 heterocycles. The third-order valence-electron chi connectivity index (χ3n) is 4.06. The maximum Gasteiger partial charge on any atom is 0.245 e. The minimum atomic E-state index is -0.273. The number of carbonyl (C=O) groups excluding carboxylic acids is 2. The van der Waals surface area contributed by atoms with Gasteiger partial charge in [-0.05, 0) is 37.0 Å². The van der Waals surface area contributed by atoms with Gasteiger partial charge in [-0.25, -0.2) is 4.39 Å². The molecular formula is C15H17FN2O2. The van der Waals surface area contributed by atoms with Crippen molar-refractivity contribution < 1.29 is 14.0 Å². The molecule has 0 aliphatic carbocycles. The van der Waals surface area contributed by atoms with Crippen molar-refractivity contribution in [1.29, 1.82) is 0 Å². The first-order valence-electron chi connectivity index (χ1n) is 6.98. The highest BCUT2D eigenvalue weighted by atomic mass is 19.1. The highest BCUT2D eigenvalue weighted by Crippen LogP contribution is 2.23. The molecule has 0 N–H and O–H groups in total. The van der Waals surface area contributed by atoms with Crippen LogP contribution in [-0.2, 0) is 16.0 Å². The van der Waals surface area contributed by atoms with E-state index in [9.17, 15) is 14.0 Å². The van der Waals surface area contributed by atoms with Gasteiger partial charge in [0.25, 0.3) is 0 Å². The zero-order valence-electron chi connectivity index (χ0n) is 11.2. The monoisotopic (exact) mass is 276 g/mol. The summed E-state index contributed by atoms with van der Waals surface area (Å²) in [5, 5.41) is 0. The van der Waals surface area contributed by atoms with Crippen LogP contribution in [0, 0.1) is 5.82 Å². The summed E-state index contributed by atoms with van der Waals surface area (Å²) in [5.74, 6) is -0.199. The minimum Gasteiger partial charge on any atom is -0.331 e. The van der Waals surface area contributed by atoms with Gasteiger partial charge in [-0.3, -0.25) is 9.59 Å². The summed E-state index contributed by atoms with van der Waals surface area (Å²) >= 11 is 0. The lowest BCUT2D eigenvalue weighted by Crippen LogP contribution is -2.57. The van der Waals surface area contributed by atoms with Crippen molar-refractivity contribution in [3.05, 3.63) is 35.6 Å². The highest BCUT2D eigenvalue weighted by Gasteiger charge is 2.41. The molecule has 2 fully saturated rings. The smallest absolute Gasteiger partial charge is 0.245 e. The number of hydrogen-bond acceptors (Lipinski definition) is 2. The van der Waals surface area contributed by atoms with Crippen molar-refractivity contribution in [2.45, 2.75) is 25.3 Å². The summed E-state index contributed by atoms with van der Waals surface area (Å²) in [7, 11) is 0. The molecule has 1 unspecified atom stereocenters. The van der Waals surface area contributed by atoms with E-state index in [1.807, 2.05) is 6.07 Å². The first-order valence-corrected chi connectivity index (χ1v) is 6.98. The average molecular weight is 276 g/mol. The number of amides is 2. The fourth-order valence-corrected chi connectivity index (χ4v) is 3.01. The molecular weight excluding hydrogens is 259 g/mol. The Morgan fingerprint density at radius 3 is 2.95 bits per heavy atom. The second-order valence-corrected chi connectivity index (χ2v) is 5.38. The van der Waals surface area contributed by atoms with Crippen LogP contribution in [-0.4, -0.2) is 47.3 Å². The molecule has 2 aliphatic rings. The van der Waals surface area contributed by atoms with E-state index in [2.05, 4.69) is 0 Å². The van der Waals surface area contributed by atoms with Gasteiger partial charge < -0.3 is 9.80 Å². The number of hydrogen-bond donors (Lipinski definition) is 0. The van der Waals surface area contributed by atoms with E-state index in [1.165, 1.54) is 12.1 Å². The van der Waals surface area contributed by atoms with E-state index < -0.39 is 0 Å². The van der Waals surface area contributed by atoms with Crippen molar-refractivity contribution in [2.24, 2.45) is 0 Å². The molecule has 0 saturated carbocycles. The predicted octanol–water partition coefficient (Wildman–Crippen LogP) is 1.20. The summed E-state index contributed by atoms with van der Waals surface area (Å²) in [6.07, 6.45) is 2.24. The van der Waals surface area contributed by atoms with E-state index >= 15 is 0 Å². The molecule has 2 aliphatic heterocycles. The van der Waals surface area contributed by atoms with Crippen LogP contribution in [0.2, 0.25) is 0 Å². The SMILES string of the molecule is O=C1C2CCCN2C(=O)CN1CCc1cccc(F)c1.